The first kappa shape index (κ1) is 10.2. The third-order valence-corrected chi connectivity index (χ3v) is 2.07. The summed E-state index contributed by atoms with van der Waals surface area (Å²) in [6, 6.07) is 2.49. The summed E-state index contributed by atoms with van der Waals surface area (Å²) in [5, 5.41) is 12.3. The summed E-state index contributed by atoms with van der Waals surface area (Å²) in [6.45, 7) is 0.240. The van der Waals surface area contributed by atoms with Crippen molar-refractivity contribution in [2.75, 3.05) is 0 Å². The second kappa shape index (κ2) is 4.01. The second-order valence-corrected chi connectivity index (χ2v) is 3.22. The van der Waals surface area contributed by atoms with Gasteiger partial charge < -0.3 is 14.2 Å². The van der Waals surface area contributed by atoms with Gasteiger partial charge in [0.05, 0.1) is 18.3 Å². The topological polar surface area (TPSA) is 85.3 Å². The number of aromatic carboxylic acids is 1. The van der Waals surface area contributed by atoms with Crippen LogP contribution in [0.5, 0.6) is 0 Å². The largest absolute Gasteiger partial charge is 0.478 e. The van der Waals surface area contributed by atoms with E-state index in [1.807, 2.05) is 0 Å². The van der Waals surface area contributed by atoms with Gasteiger partial charge in [-0.2, -0.15) is 0 Å². The number of rotatable bonds is 3. The van der Waals surface area contributed by atoms with E-state index in [1.54, 1.807) is 0 Å². The zero-order valence-electron chi connectivity index (χ0n) is 8.16. The maximum atomic E-state index is 11.4. The van der Waals surface area contributed by atoms with E-state index in [2.05, 4.69) is 9.68 Å². The minimum Gasteiger partial charge on any atom is -0.478 e. The molecule has 0 aliphatic carbocycles. The SMILES string of the molecule is O=C(O)c1ccc(=O)n(Cc2cnoc2)c1. The lowest BCUT2D eigenvalue weighted by Gasteiger charge is -2.03. The van der Waals surface area contributed by atoms with Gasteiger partial charge in [-0.1, -0.05) is 5.16 Å². The average molecular weight is 220 g/mol. The van der Waals surface area contributed by atoms with Crippen molar-refractivity contribution in [2.24, 2.45) is 0 Å². The first-order chi connectivity index (χ1) is 7.66. The molecule has 0 aromatic carbocycles. The van der Waals surface area contributed by atoms with Gasteiger partial charge in [-0.25, -0.2) is 4.79 Å². The molecule has 0 aliphatic rings. The summed E-state index contributed by atoms with van der Waals surface area (Å²) in [7, 11) is 0. The third kappa shape index (κ3) is 2.00. The van der Waals surface area contributed by atoms with Crippen LogP contribution in [0.1, 0.15) is 15.9 Å². The lowest BCUT2D eigenvalue weighted by Crippen LogP contribution is -2.20. The van der Waals surface area contributed by atoms with Gasteiger partial charge in [-0.3, -0.25) is 4.79 Å². The molecule has 82 valence electrons. The van der Waals surface area contributed by atoms with E-state index in [1.165, 1.54) is 35.4 Å². The van der Waals surface area contributed by atoms with Crippen LogP contribution < -0.4 is 5.56 Å². The molecule has 0 amide bonds. The van der Waals surface area contributed by atoms with E-state index in [4.69, 9.17) is 5.11 Å². The van der Waals surface area contributed by atoms with Gasteiger partial charge >= 0.3 is 5.97 Å². The highest BCUT2D eigenvalue weighted by Gasteiger charge is 2.06. The lowest BCUT2D eigenvalue weighted by atomic mass is 10.2. The number of pyridine rings is 1. The summed E-state index contributed by atoms with van der Waals surface area (Å²) < 4.78 is 5.91. The Balaban J connectivity index is 2.36. The quantitative estimate of drug-likeness (QED) is 0.817. The molecular formula is C10H8N2O4. The Hall–Kier alpha value is -2.37. The van der Waals surface area contributed by atoms with Gasteiger partial charge in [0.2, 0.25) is 0 Å². The number of carboxylic acids is 1. The van der Waals surface area contributed by atoms with Gasteiger partial charge in [-0.05, 0) is 6.07 Å². The van der Waals surface area contributed by atoms with Crippen LogP contribution >= 0.6 is 0 Å². The molecule has 2 aromatic rings. The summed E-state index contributed by atoms with van der Waals surface area (Å²) in [5.41, 5.74) is 0.492. The molecule has 6 heteroatoms. The Morgan fingerprint density at radius 3 is 2.94 bits per heavy atom. The predicted octanol–water partition coefficient (Wildman–Crippen LogP) is 0.583. The van der Waals surface area contributed by atoms with Gasteiger partial charge in [0.1, 0.15) is 6.26 Å². The van der Waals surface area contributed by atoms with E-state index in [0.29, 0.717) is 5.56 Å². The molecule has 16 heavy (non-hydrogen) atoms. The maximum absolute atomic E-state index is 11.4. The Kier molecular flexibility index (Phi) is 2.55. The Bertz CT molecular complexity index is 556. The molecule has 1 N–H and O–H groups in total. The average Bonchev–Trinajstić information content (AvgIpc) is 2.73. The Morgan fingerprint density at radius 1 is 1.50 bits per heavy atom. The first-order valence-corrected chi connectivity index (χ1v) is 4.49. The van der Waals surface area contributed by atoms with Crippen molar-refractivity contribution in [3.05, 3.63) is 52.3 Å². The number of nitrogens with zero attached hydrogens (tertiary/aromatic N) is 2. The molecule has 0 aliphatic heterocycles. The van der Waals surface area contributed by atoms with Crippen LogP contribution in [0.2, 0.25) is 0 Å². The summed E-state index contributed by atoms with van der Waals surface area (Å²) in [6.07, 6.45) is 4.16. The molecule has 0 radical (unpaired) electrons. The zero-order valence-corrected chi connectivity index (χ0v) is 8.16. The molecule has 0 spiro atoms. The van der Waals surface area contributed by atoms with Crippen molar-refractivity contribution >= 4 is 5.97 Å². The normalized spacial score (nSPS) is 10.2. The van der Waals surface area contributed by atoms with Crippen molar-refractivity contribution in [1.82, 2.24) is 9.72 Å². The molecule has 0 saturated carbocycles. The molecule has 6 nitrogen and oxygen atoms in total. The van der Waals surface area contributed by atoms with Crippen LogP contribution in [0.4, 0.5) is 0 Å². The fraction of sp³-hybridized carbons (Fsp3) is 0.100. The molecule has 0 unspecified atom stereocenters. The van der Waals surface area contributed by atoms with Crippen molar-refractivity contribution in [3.63, 3.8) is 0 Å². The molecule has 2 aromatic heterocycles. The molecule has 2 heterocycles. The molecular weight excluding hydrogens is 212 g/mol. The zero-order chi connectivity index (χ0) is 11.5. The van der Waals surface area contributed by atoms with Crippen LogP contribution in [0.25, 0.3) is 0 Å². The predicted molar refractivity (Wildman–Crippen MR) is 53.3 cm³/mol. The summed E-state index contributed by atoms with van der Waals surface area (Å²) in [5.74, 6) is -1.07. The standard InChI is InChI=1S/C10H8N2O4/c13-9-2-1-8(10(14)15)5-12(9)4-7-3-11-16-6-7/h1-3,5-6H,4H2,(H,14,15). The fourth-order valence-electron chi connectivity index (χ4n) is 1.28. The monoisotopic (exact) mass is 220 g/mol. The van der Waals surface area contributed by atoms with Crippen molar-refractivity contribution in [3.8, 4) is 0 Å². The van der Waals surface area contributed by atoms with Gasteiger partial charge in [0.25, 0.3) is 5.56 Å². The number of aromatic nitrogens is 2. The molecule has 2 rings (SSSR count). The van der Waals surface area contributed by atoms with Gasteiger partial charge in [0, 0.05) is 17.8 Å². The van der Waals surface area contributed by atoms with E-state index in [-0.39, 0.29) is 17.7 Å². The minimum atomic E-state index is -1.07. The summed E-state index contributed by atoms with van der Waals surface area (Å²) >= 11 is 0. The minimum absolute atomic E-state index is 0.0658. The van der Waals surface area contributed by atoms with Crippen LogP contribution in [0.3, 0.4) is 0 Å². The third-order valence-electron chi connectivity index (χ3n) is 2.07. The molecule has 0 saturated heterocycles. The van der Waals surface area contributed by atoms with Crippen molar-refractivity contribution in [1.29, 1.82) is 0 Å². The smallest absolute Gasteiger partial charge is 0.337 e. The van der Waals surface area contributed by atoms with Crippen molar-refractivity contribution in [2.45, 2.75) is 6.54 Å². The van der Waals surface area contributed by atoms with Crippen molar-refractivity contribution < 1.29 is 14.4 Å². The molecule has 0 bridgehead atoms. The highest BCUT2D eigenvalue weighted by molar-refractivity contribution is 5.87. The van der Waals surface area contributed by atoms with Crippen LogP contribution in [0, 0.1) is 0 Å². The van der Waals surface area contributed by atoms with E-state index in [9.17, 15) is 9.59 Å². The first-order valence-electron chi connectivity index (χ1n) is 4.49. The fourth-order valence-corrected chi connectivity index (χ4v) is 1.28. The number of carboxylic acid groups (broad SMARTS) is 1. The highest BCUT2D eigenvalue weighted by atomic mass is 16.5. The summed E-state index contributed by atoms with van der Waals surface area (Å²) in [4.78, 5) is 22.2. The van der Waals surface area contributed by atoms with E-state index >= 15 is 0 Å². The van der Waals surface area contributed by atoms with Gasteiger partial charge in [0.15, 0.2) is 0 Å². The Labute approximate surface area is 89.7 Å². The number of hydrogen-bond acceptors (Lipinski definition) is 4. The number of hydrogen-bond donors (Lipinski definition) is 1. The second-order valence-electron chi connectivity index (χ2n) is 3.22. The lowest BCUT2D eigenvalue weighted by molar-refractivity contribution is 0.0696. The van der Waals surface area contributed by atoms with Crippen LogP contribution in [-0.2, 0) is 6.54 Å². The number of carbonyl (C=O) groups is 1. The van der Waals surface area contributed by atoms with Crippen LogP contribution in [-0.4, -0.2) is 20.8 Å². The van der Waals surface area contributed by atoms with E-state index in [0.717, 1.165) is 0 Å². The highest BCUT2D eigenvalue weighted by Crippen LogP contribution is 2.01. The van der Waals surface area contributed by atoms with Gasteiger partial charge in [-0.15, -0.1) is 0 Å². The Morgan fingerprint density at radius 2 is 2.31 bits per heavy atom. The maximum Gasteiger partial charge on any atom is 0.337 e. The molecule has 0 atom stereocenters. The molecule has 0 fully saturated rings. The van der Waals surface area contributed by atoms with E-state index < -0.39 is 5.97 Å². The van der Waals surface area contributed by atoms with Crippen LogP contribution in [0.15, 0.2) is 40.1 Å².